The molecule has 0 saturated heterocycles. The average molecular weight is 209 g/mol. The molecule has 1 rings (SSSR count). The lowest BCUT2D eigenvalue weighted by atomic mass is 10.4. The first-order chi connectivity index (χ1) is 6.75. The molecule has 4 nitrogen and oxygen atoms in total. The Morgan fingerprint density at radius 2 is 2.43 bits per heavy atom. The highest BCUT2D eigenvalue weighted by atomic mass is 32.2. The fourth-order valence-corrected chi connectivity index (χ4v) is 2.15. The van der Waals surface area contributed by atoms with Crippen LogP contribution in [0.1, 0.15) is 12.8 Å². The maximum atomic E-state index is 11.6. The Morgan fingerprint density at radius 3 is 3.07 bits per heavy atom. The Morgan fingerprint density at radius 1 is 1.64 bits per heavy atom. The molecular formula is C9H11N3OS. The molecule has 0 aliphatic carbocycles. The zero-order valence-electron chi connectivity index (χ0n) is 7.64. The zero-order chi connectivity index (χ0) is 10.4. The van der Waals surface area contributed by atoms with Gasteiger partial charge < -0.3 is 5.73 Å². The van der Waals surface area contributed by atoms with Gasteiger partial charge in [-0.05, 0) is 12.5 Å². The summed E-state index contributed by atoms with van der Waals surface area (Å²) in [6, 6.07) is 3.66. The Hall–Kier alpha value is -1.41. The Labute approximate surface area is 85.2 Å². The summed E-state index contributed by atoms with van der Waals surface area (Å²) in [5.41, 5.74) is 6.05. The van der Waals surface area contributed by atoms with Gasteiger partial charge in [0.05, 0.1) is 33.6 Å². The monoisotopic (exact) mass is 209 g/mol. The smallest absolute Gasteiger partial charge is 0.0664 e. The number of nitrogens with two attached hydrogens (primary N) is 1. The first-order valence-electron chi connectivity index (χ1n) is 4.20. The molecular weight excluding hydrogens is 198 g/mol. The van der Waals surface area contributed by atoms with E-state index in [1.807, 2.05) is 6.07 Å². The molecule has 1 atom stereocenters. The van der Waals surface area contributed by atoms with Gasteiger partial charge in [-0.15, -0.1) is 0 Å². The standard InChI is InChI=1S/C9H11N3OS/c10-4-1-2-6-14(13)9-3-5-12-7-8(9)11/h3,5,7H,1-2,6,11H2. The van der Waals surface area contributed by atoms with Crippen molar-refractivity contribution in [1.29, 1.82) is 5.26 Å². The number of unbranched alkanes of at least 4 members (excludes halogenated alkanes) is 1. The van der Waals surface area contributed by atoms with E-state index in [1.54, 1.807) is 12.3 Å². The molecule has 1 aromatic rings. The second-order valence-electron chi connectivity index (χ2n) is 2.72. The summed E-state index contributed by atoms with van der Waals surface area (Å²) >= 11 is 0. The number of nitrogen functional groups attached to an aromatic ring is 1. The fourth-order valence-electron chi connectivity index (χ4n) is 0.994. The zero-order valence-corrected chi connectivity index (χ0v) is 8.46. The number of pyridine rings is 1. The Bertz CT molecular complexity index is 373. The summed E-state index contributed by atoms with van der Waals surface area (Å²) in [4.78, 5) is 4.42. The van der Waals surface area contributed by atoms with E-state index in [1.165, 1.54) is 6.20 Å². The van der Waals surface area contributed by atoms with Crippen LogP contribution in [0.5, 0.6) is 0 Å². The van der Waals surface area contributed by atoms with Crippen molar-refractivity contribution in [3.63, 3.8) is 0 Å². The minimum Gasteiger partial charge on any atom is -0.396 e. The summed E-state index contributed by atoms with van der Waals surface area (Å²) < 4.78 is 11.6. The van der Waals surface area contributed by atoms with Gasteiger partial charge in [0.2, 0.25) is 0 Å². The van der Waals surface area contributed by atoms with Crippen LogP contribution in [0.2, 0.25) is 0 Å². The van der Waals surface area contributed by atoms with Gasteiger partial charge in [0.1, 0.15) is 0 Å². The van der Waals surface area contributed by atoms with Crippen molar-refractivity contribution in [2.24, 2.45) is 0 Å². The molecule has 0 fully saturated rings. The normalized spacial score (nSPS) is 11.9. The molecule has 0 aliphatic rings. The minimum absolute atomic E-state index is 0.427. The molecule has 0 saturated carbocycles. The molecule has 1 aromatic heterocycles. The number of nitriles is 1. The molecule has 0 aliphatic heterocycles. The van der Waals surface area contributed by atoms with Gasteiger partial charge in [-0.3, -0.25) is 9.19 Å². The van der Waals surface area contributed by atoms with E-state index >= 15 is 0 Å². The fraction of sp³-hybridized carbons (Fsp3) is 0.333. The van der Waals surface area contributed by atoms with E-state index in [2.05, 4.69) is 4.98 Å². The van der Waals surface area contributed by atoms with E-state index in [9.17, 15) is 4.21 Å². The third-order valence-corrected chi connectivity index (χ3v) is 3.20. The summed E-state index contributed by atoms with van der Waals surface area (Å²) in [5, 5.41) is 8.32. The molecule has 14 heavy (non-hydrogen) atoms. The van der Waals surface area contributed by atoms with Gasteiger partial charge in [0.15, 0.2) is 0 Å². The first kappa shape index (κ1) is 10.7. The van der Waals surface area contributed by atoms with Crippen LogP contribution in [0.3, 0.4) is 0 Å². The SMILES string of the molecule is N#CCCCS(=O)c1ccncc1N. The molecule has 1 unspecified atom stereocenters. The van der Waals surface area contributed by atoms with Gasteiger partial charge >= 0.3 is 0 Å². The molecule has 0 aromatic carbocycles. The Balaban J connectivity index is 2.62. The first-order valence-corrected chi connectivity index (χ1v) is 5.52. The van der Waals surface area contributed by atoms with Crippen molar-refractivity contribution in [3.8, 4) is 6.07 Å². The lowest BCUT2D eigenvalue weighted by Gasteiger charge is -2.02. The third-order valence-electron chi connectivity index (χ3n) is 1.67. The van der Waals surface area contributed by atoms with E-state index in [0.29, 0.717) is 29.2 Å². The van der Waals surface area contributed by atoms with Crippen molar-refractivity contribution in [2.75, 3.05) is 11.5 Å². The number of rotatable bonds is 4. The predicted molar refractivity (Wildman–Crippen MR) is 54.8 cm³/mol. The molecule has 1 heterocycles. The van der Waals surface area contributed by atoms with Gasteiger partial charge in [-0.25, -0.2) is 0 Å². The number of hydrogen-bond acceptors (Lipinski definition) is 4. The van der Waals surface area contributed by atoms with Crippen molar-refractivity contribution >= 4 is 16.5 Å². The van der Waals surface area contributed by atoms with Gasteiger partial charge in [-0.1, -0.05) is 0 Å². The van der Waals surface area contributed by atoms with Crippen LogP contribution in [0.15, 0.2) is 23.4 Å². The lowest BCUT2D eigenvalue weighted by molar-refractivity contribution is 0.681. The van der Waals surface area contributed by atoms with Crippen molar-refractivity contribution in [2.45, 2.75) is 17.7 Å². The molecule has 74 valence electrons. The summed E-state index contributed by atoms with van der Waals surface area (Å²) in [6.07, 6.45) is 4.10. The van der Waals surface area contributed by atoms with Gasteiger partial charge in [-0.2, -0.15) is 5.26 Å². The number of aromatic nitrogens is 1. The lowest BCUT2D eigenvalue weighted by Crippen LogP contribution is -2.02. The van der Waals surface area contributed by atoms with E-state index in [0.717, 1.165) is 0 Å². The molecule has 5 heteroatoms. The highest BCUT2D eigenvalue weighted by Gasteiger charge is 2.06. The number of anilines is 1. The average Bonchev–Trinajstić information content (AvgIpc) is 2.18. The van der Waals surface area contributed by atoms with Crippen LogP contribution in [0, 0.1) is 11.3 Å². The van der Waals surface area contributed by atoms with Crippen molar-refractivity contribution in [3.05, 3.63) is 18.5 Å². The summed E-state index contributed by atoms with van der Waals surface area (Å²) in [7, 11) is -1.11. The van der Waals surface area contributed by atoms with Crippen LogP contribution in [-0.2, 0) is 10.8 Å². The van der Waals surface area contributed by atoms with Crippen LogP contribution < -0.4 is 5.73 Å². The maximum Gasteiger partial charge on any atom is 0.0664 e. The van der Waals surface area contributed by atoms with Crippen LogP contribution >= 0.6 is 0 Å². The quantitative estimate of drug-likeness (QED) is 0.752. The van der Waals surface area contributed by atoms with E-state index < -0.39 is 10.8 Å². The van der Waals surface area contributed by atoms with Crippen molar-refractivity contribution < 1.29 is 4.21 Å². The van der Waals surface area contributed by atoms with Gasteiger partial charge in [0, 0.05) is 18.4 Å². The molecule has 0 bridgehead atoms. The molecule has 2 N–H and O–H groups in total. The summed E-state index contributed by atoms with van der Waals surface area (Å²) in [5.74, 6) is 0.474. The number of nitrogens with zero attached hydrogens (tertiary/aromatic N) is 2. The van der Waals surface area contributed by atoms with Crippen LogP contribution in [0.25, 0.3) is 0 Å². The topological polar surface area (TPSA) is 79.8 Å². The number of hydrogen-bond donors (Lipinski definition) is 1. The summed E-state index contributed by atoms with van der Waals surface area (Å²) in [6.45, 7) is 0. The highest BCUT2D eigenvalue weighted by Crippen LogP contribution is 2.14. The second-order valence-corrected chi connectivity index (χ2v) is 4.26. The van der Waals surface area contributed by atoms with E-state index in [-0.39, 0.29) is 0 Å². The largest absolute Gasteiger partial charge is 0.396 e. The minimum atomic E-state index is -1.11. The molecule has 0 spiro atoms. The van der Waals surface area contributed by atoms with Crippen LogP contribution in [-0.4, -0.2) is 14.9 Å². The predicted octanol–water partition coefficient (Wildman–Crippen LogP) is 1.08. The highest BCUT2D eigenvalue weighted by molar-refractivity contribution is 7.85. The third kappa shape index (κ3) is 2.82. The molecule has 0 amide bonds. The molecule has 0 radical (unpaired) electrons. The maximum absolute atomic E-state index is 11.6. The van der Waals surface area contributed by atoms with Crippen molar-refractivity contribution in [1.82, 2.24) is 4.98 Å². The van der Waals surface area contributed by atoms with E-state index in [4.69, 9.17) is 11.0 Å². The second kappa shape index (κ2) is 5.35. The Kier molecular flexibility index (Phi) is 4.08. The van der Waals surface area contributed by atoms with Crippen LogP contribution in [0.4, 0.5) is 5.69 Å². The van der Waals surface area contributed by atoms with Gasteiger partial charge in [0.25, 0.3) is 0 Å².